The van der Waals surface area contributed by atoms with E-state index in [9.17, 15) is 4.39 Å². The van der Waals surface area contributed by atoms with E-state index in [1.165, 1.54) is 5.56 Å². The zero-order valence-corrected chi connectivity index (χ0v) is 11.0. The highest BCUT2D eigenvalue weighted by Crippen LogP contribution is 2.26. The summed E-state index contributed by atoms with van der Waals surface area (Å²) in [5, 5.41) is 3.19. The monoisotopic (exact) mass is 243 g/mol. The molecule has 2 aromatic rings. The standard InChI is InChI=1S/C16H18FN/c1-11-6-4-8-13(10-11)16(18-3)14-9-5-7-12(2)15(14)17/h4-10,16,18H,1-3H3. The van der Waals surface area contributed by atoms with Crippen LogP contribution < -0.4 is 5.32 Å². The van der Waals surface area contributed by atoms with Crippen molar-refractivity contribution in [1.82, 2.24) is 5.32 Å². The van der Waals surface area contributed by atoms with E-state index in [-0.39, 0.29) is 11.9 Å². The molecular weight excluding hydrogens is 225 g/mol. The minimum atomic E-state index is -0.127. The van der Waals surface area contributed by atoms with E-state index in [1.807, 2.05) is 44.3 Å². The summed E-state index contributed by atoms with van der Waals surface area (Å²) >= 11 is 0. The normalized spacial score (nSPS) is 12.4. The largest absolute Gasteiger partial charge is 0.309 e. The fraction of sp³-hybridized carbons (Fsp3) is 0.250. The Morgan fingerprint density at radius 2 is 1.78 bits per heavy atom. The van der Waals surface area contributed by atoms with Gasteiger partial charge in [0.15, 0.2) is 0 Å². The first kappa shape index (κ1) is 12.8. The summed E-state index contributed by atoms with van der Waals surface area (Å²) in [6.45, 7) is 3.84. The lowest BCUT2D eigenvalue weighted by molar-refractivity contribution is 0.569. The number of hydrogen-bond acceptors (Lipinski definition) is 1. The number of benzene rings is 2. The van der Waals surface area contributed by atoms with Crippen molar-refractivity contribution in [3.63, 3.8) is 0 Å². The molecular formula is C16H18FN. The Kier molecular flexibility index (Phi) is 3.78. The van der Waals surface area contributed by atoms with Crippen molar-refractivity contribution in [2.24, 2.45) is 0 Å². The molecule has 0 bridgehead atoms. The lowest BCUT2D eigenvalue weighted by Gasteiger charge is -2.19. The predicted octanol–water partition coefficient (Wildman–Crippen LogP) is 3.75. The summed E-state index contributed by atoms with van der Waals surface area (Å²) in [5.74, 6) is -0.127. The third kappa shape index (κ3) is 2.44. The van der Waals surface area contributed by atoms with Gasteiger partial charge in [-0.05, 0) is 32.0 Å². The van der Waals surface area contributed by atoms with Crippen LogP contribution in [-0.4, -0.2) is 7.05 Å². The highest BCUT2D eigenvalue weighted by molar-refractivity contribution is 5.36. The molecule has 1 N–H and O–H groups in total. The molecule has 0 amide bonds. The SMILES string of the molecule is CNC(c1cccc(C)c1)c1cccc(C)c1F. The van der Waals surface area contributed by atoms with E-state index < -0.39 is 0 Å². The van der Waals surface area contributed by atoms with Gasteiger partial charge in [0.25, 0.3) is 0 Å². The van der Waals surface area contributed by atoms with Crippen LogP contribution >= 0.6 is 0 Å². The van der Waals surface area contributed by atoms with Crippen LogP contribution in [0.3, 0.4) is 0 Å². The second-order valence-electron chi connectivity index (χ2n) is 4.61. The Morgan fingerprint density at radius 1 is 1.06 bits per heavy atom. The van der Waals surface area contributed by atoms with Crippen molar-refractivity contribution in [2.45, 2.75) is 19.9 Å². The molecule has 0 aliphatic carbocycles. The minimum absolute atomic E-state index is 0.107. The molecule has 0 radical (unpaired) electrons. The Balaban J connectivity index is 2.49. The summed E-state index contributed by atoms with van der Waals surface area (Å²) in [6.07, 6.45) is 0. The minimum Gasteiger partial charge on any atom is -0.309 e. The third-order valence-corrected chi connectivity index (χ3v) is 3.20. The van der Waals surface area contributed by atoms with E-state index in [0.29, 0.717) is 11.1 Å². The predicted molar refractivity (Wildman–Crippen MR) is 73.2 cm³/mol. The van der Waals surface area contributed by atoms with Gasteiger partial charge in [0.05, 0.1) is 6.04 Å². The number of halogens is 1. The van der Waals surface area contributed by atoms with Crippen LogP contribution in [0.15, 0.2) is 42.5 Å². The summed E-state index contributed by atoms with van der Waals surface area (Å²) in [6, 6.07) is 13.6. The molecule has 0 aromatic heterocycles. The topological polar surface area (TPSA) is 12.0 Å². The molecule has 0 aliphatic rings. The van der Waals surface area contributed by atoms with Crippen LogP contribution in [0.25, 0.3) is 0 Å². The lowest BCUT2D eigenvalue weighted by atomic mass is 9.96. The van der Waals surface area contributed by atoms with E-state index >= 15 is 0 Å². The fourth-order valence-electron chi connectivity index (χ4n) is 2.24. The average molecular weight is 243 g/mol. The first-order valence-corrected chi connectivity index (χ1v) is 6.12. The van der Waals surface area contributed by atoms with Crippen molar-refractivity contribution in [1.29, 1.82) is 0 Å². The van der Waals surface area contributed by atoms with Crippen LogP contribution in [0.4, 0.5) is 4.39 Å². The van der Waals surface area contributed by atoms with Crippen LogP contribution in [-0.2, 0) is 0 Å². The first-order valence-electron chi connectivity index (χ1n) is 6.12. The van der Waals surface area contributed by atoms with Gasteiger partial charge in [-0.15, -0.1) is 0 Å². The number of rotatable bonds is 3. The highest BCUT2D eigenvalue weighted by Gasteiger charge is 2.16. The third-order valence-electron chi connectivity index (χ3n) is 3.20. The molecule has 0 aliphatic heterocycles. The van der Waals surface area contributed by atoms with Gasteiger partial charge in [-0.2, -0.15) is 0 Å². The Hall–Kier alpha value is -1.67. The van der Waals surface area contributed by atoms with Gasteiger partial charge < -0.3 is 5.32 Å². The Bertz CT molecular complexity index is 549. The molecule has 94 valence electrons. The maximum Gasteiger partial charge on any atom is 0.131 e. The van der Waals surface area contributed by atoms with Gasteiger partial charge in [0.2, 0.25) is 0 Å². The van der Waals surface area contributed by atoms with Gasteiger partial charge in [-0.3, -0.25) is 0 Å². The van der Waals surface area contributed by atoms with Gasteiger partial charge >= 0.3 is 0 Å². The summed E-state index contributed by atoms with van der Waals surface area (Å²) < 4.78 is 14.2. The first-order chi connectivity index (χ1) is 8.63. The fourth-order valence-corrected chi connectivity index (χ4v) is 2.24. The maximum absolute atomic E-state index is 14.2. The number of aryl methyl sites for hydroxylation is 2. The Morgan fingerprint density at radius 3 is 2.44 bits per heavy atom. The van der Waals surface area contributed by atoms with E-state index in [2.05, 4.69) is 11.4 Å². The van der Waals surface area contributed by atoms with E-state index in [4.69, 9.17) is 0 Å². The molecule has 1 nitrogen and oxygen atoms in total. The zero-order chi connectivity index (χ0) is 13.1. The molecule has 0 saturated carbocycles. The molecule has 18 heavy (non-hydrogen) atoms. The van der Waals surface area contributed by atoms with Gasteiger partial charge in [0, 0.05) is 5.56 Å². The summed E-state index contributed by atoms with van der Waals surface area (Å²) in [5.41, 5.74) is 3.64. The quantitative estimate of drug-likeness (QED) is 0.865. The van der Waals surface area contributed by atoms with E-state index in [0.717, 1.165) is 5.56 Å². The number of nitrogens with one attached hydrogen (secondary N) is 1. The molecule has 0 saturated heterocycles. The summed E-state index contributed by atoms with van der Waals surface area (Å²) in [7, 11) is 1.86. The second kappa shape index (κ2) is 5.32. The molecule has 1 atom stereocenters. The highest BCUT2D eigenvalue weighted by atomic mass is 19.1. The van der Waals surface area contributed by atoms with Gasteiger partial charge in [-0.25, -0.2) is 4.39 Å². The van der Waals surface area contributed by atoms with Crippen molar-refractivity contribution in [2.75, 3.05) is 7.05 Å². The zero-order valence-electron chi connectivity index (χ0n) is 11.0. The Labute approximate surface area is 108 Å². The van der Waals surface area contributed by atoms with Crippen molar-refractivity contribution in [3.8, 4) is 0 Å². The molecule has 0 spiro atoms. The second-order valence-corrected chi connectivity index (χ2v) is 4.61. The van der Waals surface area contributed by atoms with Crippen molar-refractivity contribution < 1.29 is 4.39 Å². The van der Waals surface area contributed by atoms with Crippen LogP contribution in [0.5, 0.6) is 0 Å². The van der Waals surface area contributed by atoms with Crippen LogP contribution in [0.2, 0.25) is 0 Å². The molecule has 2 heteroatoms. The molecule has 2 rings (SSSR count). The molecule has 0 heterocycles. The summed E-state index contributed by atoms with van der Waals surface area (Å²) in [4.78, 5) is 0. The van der Waals surface area contributed by atoms with Crippen LogP contribution in [0.1, 0.15) is 28.3 Å². The van der Waals surface area contributed by atoms with Gasteiger partial charge in [-0.1, -0.05) is 48.0 Å². The average Bonchev–Trinajstić information content (AvgIpc) is 2.35. The van der Waals surface area contributed by atoms with Crippen molar-refractivity contribution >= 4 is 0 Å². The smallest absolute Gasteiger partial charge is 0.131 e. The maximum atomic E-state index is 14.2. The molecule has 1 unspecified atom stereocenters. The van der Waals surface area contributed by atoms with E-state index in [1.54, 1.807) is 13.0 Å². The molecule has 0 fully saturated rings. The van der Waals surface area contributed by atoms with Gasteiger partial charge in [0.1, 0.15) is 5.82 Å². The van der Waals surface area contributed by atoms with Crippen LogP contribution in [0, 0.1) is 19.7 Å². The molecule has 2 aromatic carbocycles. The van der Waals surface area contributed by atoms with Crippen molar-refractivity contribution in [3.05, 3.63) is 70.5 Å². The number of hydrogen-bond donors (Lipinski definition) is 1. The lowest BCUT2D eigenvalue weighted by Crippen LogP contribution is -2.19.